The van der Waals surface area contributed by atoms with Gasteiger partial charge in [0, 0.05) is 0 Å². The Kier molecular flexibility index (Phi) is 2.39. The van der Waals surface area contributed by atoms with Crippen LogP contribution >= 0.6 is 0 Å². The van der Waals surface area contributed by atoms with Crippen LogP contribution in [0.3, 0.4) is 0 Å². The number of hydrogen-bond donors (Lipinski definition) is 0. The minimum absolute atomic E-state index is 0.633. The fourth-order valence-corrected chi connectivity index (χ4v) is 2.80. The number of rotatable bonds is 2. The molecule has 1 nitrogen and oxygen atoms in total. The van der Waals surface area contributed by atoms with E-state index in [1.807, 2.05) is 0 Å². The predicted molar refractivity (Wildman–Crippen MR) is 54.6 cm³/mol. The summed E-state index contributed by atoms with van der Waals surface area (Å²) in [5.41, 5.74) is 0. The zero-order valence-corrected chi connectivity index (χ0v) is 9.29. The van der Waals surface area contributed by atoms with Crippen LogP contribution in [0.2, 0.25) is 0 Å². The molecular weight excluding hydrogens is 160 g/mol. The molecule has 1 heteroatoms. The first-order chi connectivity index (χ1) is 6.09. The lowest BCUT2D eigenvalue weighted by molar-refractivity contribution is 0.199. The minimum Gasteiger partial charge on any atom is -0.369 e. The quantitative estimate of drug-likeness (QED) is 0.598. The maximum absolute atomic E-state index is 5.73. The molecule has 1 aliphatic heterocycles. The Morgan fingerprint density at radius 2 is 1.69 bits per heavy atom. The summed E-state index contributed by atoms with van der Waals surface area (Å²) in [5.74, 6) is 3.39. The van der Waals surface area contributed by atoms with E-state index >= 15 is 0 Å². The van der Waals surface area contributed by atoms with Crippen molar-refractivity contribution in [1.29, 1.82) is 0 Å². The summed E-state index contributed by atoms with van der Waals surface area (Å²) in [6, 6.07) is 0. The minimum atomic E-state index is 0.633. The topological polar surface area (TPSA) is 12.5 Å². The van der Waals surface area contributed by atoms with Crippen LogP contribution in [0.5, 0.6) is 0 Å². The van der Waals surface area contributed by atoms with Gasteiger partial charge in [0.15, 0.2) is 0 Å². The van der Waals surface area contributed by atoms with Gasteiger partial charge in [-0.25, -0.2) is 0 Å². The highest BCUT2D eigenvalue weighted by molar-refractivity contribution is 4.98. The fraction of sp³-hybridized carbons (Fsp3) is 1.00. The van der Waals surface area contributed by atoms with Crippen LogP contribution < -0.4 is 0 Å². The highest BCUT2D eigenvalue weighted by Gasteiger charge is 2.51. The molecule has 0 N–H and O–H groups in total. The number of hydrogen-bond acceptors (Lipinski definition) is 1. The molecule has 2 rings (SSSR count). The van der Waals surface area contributed by atoms with Gasteiger partial charge in [-0.2, -0.15) is 0 Å². The molecule has 0 spiro atoms. The van der Waals surface area contributed by atoms with Crippen LogP contribution in [0.15, 0.2) is 0 Å². The van der Waals surface area contributed by atoms with Crippen molar-refractivity contribution in [2.24, 2.45) is 23.7 Å². The standard InChI is InChI=1S/C12H22O/c1-7(2)9-5-10(8(3)4)12-11(6-9)13-12/h7-12H,5-6H2,1-4H3. The maximum Gasteiger partial charge on any atom is 0.0872 e. The summed E-state index contributed by atoms with van der Waals surface area (Å²) in [7, 11) is 0. The zero-order chi connectivity index (χ0) is 9.59. The largest absolute Gasteiger partial charge is 0.369 e. The summed E-state index contributed by atoms with van der Waals surface area (Å²) in [5, 5.41) is 0. The van der Waals surface area contributed by atoms with Crippen molar-refractivity contribution < 1.29 is 4.74 Å². The molecule has 1 heterocycles. The van der Waals surface area contributed by atoms with Gasteiger partial charge in [0.1, 0.15) is 0 Å². The van der Waals surface area contributed by atoms with Gasteiger partial charge in [-0.15, -0.1) is 0 Å². The Hall–Kier alpha value is -0.0400. The molecule has 4 unspecified atom stereocenters. The van der Waals surface area contributed by atoms with Gasteiger partial charge in [0.05, 0.1) is 12.2 Å². The summed E-state index contributed by atoms with van der Waals surface area (Å²) < 4.78 is 5.73. The molecule has 2 aliphatic rings. The molecular formula is C12H22O. The van der Waals surface area contributed by atoms with Crippen LogP contribution in [0.1, 0.15) is 40.5 Å². The second kappa shape index (κ2) is 3.27. The van der Waals surface area contributed by atoms with Crippen LogP contribution in [0.4, 0.5) is 0 Å². The van der Waals surface area contributed by atoms with E-state index in [2.05, 4.69) is 27.7 Å². The first kappa shape index (κ1) is 9.51. The first-order valence-corrected chi connectivity index (χ1v) is 5.75. The summed E-state index contributed by atoms with van der Waals surface area (Å²) >= 11 is 0. The lowest BCUT2D eigenvalue weighted by Gasteiger charge is -2.30. The Balaban J connectivity index is 1.98. The van der Waals surface area contributed by atoms with Crippen molar-refractivity contribution in [3.63, 3.8) is 0 Å². The van der Waals surface area contributed by atoms with E-state index in [0.29, 0.717) is 12.2 Å². The van der Waals surface area contributed by atoms with Gasteiger partial charge in [-0.3, -0.25) is 0 Å². The highest BCUT2D eigenvalue weighted by atomic mass is 16.6. The fourth-order valence-electron chi connectivity index (χ4n) is 2.80. The highest BCUT2D eigenvalue weighted by Crippen LogP contribution is 2.48. The molecule has 4 atom stereocenters. The Morgan fingerprint density at radius 1 is 1.00 bits per heavy atom. The van der Waals surface area contributed by atoms with Gasteiger partial charge in [-0.1, -0.05) is 27.7 Å². The van der Waals surface area contributed by atoms with Crippen molar-refractivity contribution in [2.75, 3.05) is 0 Å². The van der Waals surface area contributed by atoms with E-state index in [1.54, 1.807) is 0 Å². The van der Waals surface area contributed by atoms with E-state index < -0.39 is 0 Å². The first-order valence-electron chi connectivity index (χ1n) is 5.75. The van der Waals surface area contributed by atoms with Gasteiger partial charge in [0.2, 0.25) is 0 Å². The Bertz CT molecular complexity index is 186. The van der Waals surface area contributed by atoms with Crippen LogP contribution in [-0.2, 0) is 4.74 Å². The summed E-state index contributed by atoms with van der Waals surface area (Å²) in [4.78, 5) is 0. The van der Waals surface area contributed by atoms with E-state index in [1.165, 1.54) is 12.8 Å². The summed E-state index contributed by atoms with van der Waals surface area (Å²) in [6.07, 6.45) is 3.99. The van der Waals surface area contributed by atoms with Crippen molar-refractivity contribution in [1.82, 2.24) is 0 Å². The molecule has 0 aromatic carbocycles. The van der Waals surface area contributed by atoms with Crippen molar-refractivity contribution in [3.8, 4) is 0 Å². The third-order valence-electron chi connectivity index (χ3n) is 3.95. The maximum atomic E-state index is 5.73. The molecule has 0 aromatic rings. The van der Waals surface area contributed by atoms with Gasteiger partial charge >= 0.3 is 0 Å². The van der Waals surface area contributed by atoms with Gasteiger partial charge in [-0.05, 0) is 36.5 Å². The lowest BCUT2D eigenvalue weighted by Crippen LogP contribution is -2.29. The molecule has 76 valence electrons. The third-order valence-corrected chi connectivity index (χ3v) is 3.95. The van der Waals surface area contributed by atoms with Crippen LogP contribution in [-0.4, -0.2) is 12.2 Å². The number of epoxide rings is 1. The molecule has 0 aromatic heterocycles. The lowest BCUT2D eigenvalue weighted by atomic mass is 9.72. The van der Waals surface area contributed by atoms with Crippen molar-refractivity contribution in [3.05, 3.63) is 0 Å². The zero-order valence-electron chi connectivity index (χ0n) is 9.29. The van der Waals surface area contributed by atoms with Crippen LogP contribution in [0.25, 0.3) is 0 Å². The molecule has 1 aliphatic carbocycles. The SMILES string of the molecule is CC(C)C1CC2OC2C(C(C)C)C1. The average molecular weight is 182 g/mol. The molecule has 0 radical (unpaired) electrons. The van der Waals surface area contributed by atoms with Crippen molar-refractivity contribution in [2.45, 2.75) is 52.7 Å². The Morgan fingerprint density at radius 3 is 2.23 bits per heavy atom. The van der Waals surface area contributed by atoms with Gasteiger partial charge in [0.25, 0.3) is 0 Å². The van der Waals surface area contributed by atoms with Crippen LogP contribution in [0, 0.1) is 23.7 Å². The van der Waals surface area contributed by atoms with E-state index in [9.17, 15) is 0 Å². The van der Waals surface area contributed by atoms with Gasteiger partial charge < -0.3 is 4.74 Å². The second-order valence-electron chi connectivity index (χ2n) is 5.52. The number of fused-ring (bicyclic) bond motifs is 1. The van der Waals surface area contributed by atoms with E-state index in [-0.39, 0.29) is 0 Å². The van der Waals surface area contributed by atoms with E-state index in [4.69, 9.17) is 4.74 Å². The monoisotopic (exact) mass is 182 g/mol. The normalized spacial score (nSPS) is 43.8. The predicted octanol–water partition coefficient (Wildman–Crippen LogP) is 3.09. The second-order valence-corrected chi connectivity index (χ2v) is 5.52. The molecule has 13 heavy (non-hydrogen) atoms. The third kappa shape index (κ3) is 1.76. The van der Waals surface area contributed by atoms with Crippen molar-refractivity contribution >= 4 is 0 Å². The number of ether oxygens (including phenoxy) is 1. The smallest absolute Gasteiger partial charge is 0.0872 e. The summed E-state index contributed by atoms with van der Waals surface area (Å²) in [6.45, 7) is 9.38. The molecule has 1 saturated carbocycles. The molecule has 1 saturated heterocycles. The molecule has 0 bridgehead atoms. The molecule has 2 fully saturated rings. The average Bonchev–Trinajstić information content (AvgIpc) is 2.79. The Labute approximate surface area is 81.9 Å². The van der Waals surface area contributed by atoms with E-state index in [0.717, 1.165) is 23.7 Å². The molecule has 0 amide bonds.